The van der Waals surface area contributed by atoms with Crippen LogP contribution in [0.1, 0.15) is 20.8 Å². The molecule has 2 aromatic rings. The van der Waals surface area contributed by atoms with Gasteiger partial charge in [0.25, 0.3) is 5.91 Å². The smallest absolute Gasteiger partial charge is 0.329 e. The quantitative estimate of drug-likeness (QED) is 0.597. The van der Waals surface area contributed by atoms with Crippen LogP contribution in [0.25, 0.3) is 0 Å². The summed E-state index contributed by atoms with van der Waals surface area (Å²) in [5.41, 5.74) is 0.563. The maximum atomic E-state index is 13.3. The summed E-state index contributed by atoms with van der Waals surface area (Å²) in [5.74, 6) is -4.02. The second kappa shape index (κ2) is 10.3. The molecule has 9 heteroatoms. The number of carbonyl (C=O) groups is 3. The zero-order chi connectivity index (χ0) is 22.3. The van der Waals surface area contributed by atoms with Crippen molar-refractivity contribution in [1.29, 1.82) is 0 Å². The Morgan fingerprint density at radius 1 is 0.867 bits per heavy atom. The van der Waals surface area contributed by atoms with Gasteiger partial charge in [-0.1, -0.05) is 32.0 Å². The lowest BCUT2D eigenvalue weighted by Crippen LogP contribution is -2.48. The van der Waals surface area contributed by atoms with E-state index in [1.54, 1.807) is 44.2 Å². The van der Waals surface area contributed by atoms with E-state index in [1.807, 2.05) is 0 Å². The van der Waals surface area contributed by atoms with Crippen molar-refractivity contribution >= 4 is 29.3 Å². The number of anilines is 2. The van der Waals surface area contributed by atoms with Crippen LogP contribution in [0, 0.1) is 17.6 Å². The molecule has 3 amide bonds. The summed E-state index contributed by atoms with van der Waals surface area (Å²) >= 11 is 0. The third-order valence-corrected chi connectivity index (χ3v) is 4.09. The Kier molecular flexibility index (Phi) is 7.85. The fraction of sp³-hybridized carbons (Fsp3) is 0.286. The third kappa shape index (κ3) is 6.54. The van der Waals surface area contributed by atoms with E-state index >= 15 is 0 Å². The van der Waals surface area contributed by atoms with Crippen molar-refractivity contribution in [2.24, 2.45) is 5.92 Å². The summed E-state index contributed by atoms with van der Waals surface area (Å²) in [7, 11) is 0. The van der Waals surface area contributed by atoms with E-state index in [0.717, 1.165) is 12.1 Å². The van der Waals surface area contributed by atoms with Gasteiger partial charge in [0.2, 0.25) is 0 Å². The predicted octanol–water partition coefficient (Wildman–Crippen LogP) is 3.68. The number of hydrogen-bond donors (Lipinski definition) is 3. The van der Waals surface area contributed by atoms with Crippen LogP contribution < -0.4 is 16.0 Å². The minimum atomic E-state index is -1.23. The molecule has 2 atom stereocenters. The zero-order valence-electron chi connectivity index (χ0n) is 16.7. The molecular weight excluding hydrogens is 396 g/mol. The normalized spacial score (nSPS) is 12.6. The van der Waals surface area contributed by atoms with Crippen molar-refractivity contribution in [2.45, 2.75) is 32.9 Å². The van der Waals surface area contributed by atoms with E-state index in [0.29, 0.717) is 5.69 Å². The van der Waals surface area contributed by atoms with Crippen molar-refractivity contribution < 1.29 is 27.9 Å². The molecule has 3 N–H and O–H groups in total. The van der Waals surface area contributed by atoms with Crippen LogP contribution in [0.4, 0.5) is 25.0 Å². The summed E-state index contributed by atoms with van der Waals surface area (Å²) in [4.78, 5) is 36.9. The Bertz CT molecular complexity index is 906. The first kappa shape index (κ1) is 22.8. The molecule has 0 unspecified atom stereocenters. The molecule has 0 saturated carbocycles. The van der Waals surface area contributed by atoms with Gasteiger partial charge in [-0.25, -0.2) is 18.4 Å². The Hall–Kier alpha value is -3.49. The number of carbonyl (C=O) groups excluding carboxylic acids is 3. The van der Waals surface area contributed by atoms with Gasteiger partial charge in [-0.05, 0) is 37.1 Å². The highest BCUT2D eigenvalue weighted by Crippen LogP contribution is 2.14. The molecule has 0 spiro atoms. The van der Waals surface area contributed by atoms with Crippen LogP contribution in [0.2, 0.25) is 0 Å². The molecule has 0 aliphatic rings. The van der Waals surface area contributed by atoms with Gasteiger partial charge in [0, 0.05) is 17.4 Å². The Labute approximate surface area is 172 Å². The molecule has 0 bridgehead atoms. The maximum absolute atomic E-state index is 13.3. The van der Waals surface area contributed by atoms with Gasteiger partial charge in [0.05, 0.1) is 0 Å². The van der Waals surface area contributed by atoms with Gasteiger partial charge < -0.3 is 20.7 Å². The molecule has 0 saturated heterocycles. The number of amides is 3. The van der Waals surface area contributed by atoms with Gasteiger partial charge >= 0.3 is 12.0 Å². The number of ether oxygens (including phenoxy) is 1. The van der Waals surface area contributed by atoms with Crippen molar-refractivity contribution in [3.8, 4) is 0 Å². The lowest BCUT2D eigenvalue weighted by Gasteiger charge is -2.23. The molecule has 160 valence electrons. The molecule has 7 nitrogen and oxygen atoms in total. The fourth-order valence-electron chi connectivity index (χ4n) is 2.45. The average molecular weight is 419 g/mol. The van der Waals surface area contributed by atoms with Crippen LogP contribution in [-0.4, -0.2) is 30.1 Å². The average Bonchev–Trinajstić information content (AvgIpc) is 2.69. The number of nitrogens with one attached hydrogen (secondary N) is 3. The van der Waals surface area contributed by atoms with Crippen molar-refractivity contribution in [1.82, 2.24) is 5.32 Å². The number of benzene rings is 2. The van der Waals surface area contributed by atoms with Gasteiger partial charge in [-0.15, -0.1) is 0 Å². The minimum Gasteiger partial charge on any atom is -0.451 e. The summed E-state index contributed by atoms with van der Waals surface area (Å²) in [6.45, 7) is 4.75. The van der Waals surface area contributed by atoms with Crippen molar-refractivity contribution in [2.75, 3.05) is 10.6 Å². The number of hydrogen-bond acceptors (Lipinski definition) is 4. The van der Waals surface area contributed by atoms with Crippen LogP contribution in [0.5, 0.6) is 0 Å². The van der Waals surface area contributed by atoms with Crippen LogP contribution in [0.15, 0.2) is 48.5 Å². The second-order valence-corrected chi connectivity index (χ2v) is 6.88. The molecule has 0 aromatic heterocycles. The highest BCUT2D eigenvalue weighted by atomic mass is 19.2. The molecule has 2 aromatic carbocycles. The van der Waals surface area contributed by atoms with E-state index in [2.05, 4.69) is 16.0 Å². The summed E-state index contributed by atoms with van der Waals surface area (Å²) < 4.78 is 31.4. The van der Waals surface area contributed by atoms with E-state index in [1.165, 1.54) is 13.0 Å². The second-order valence-electron chi connectivity index (χ2n) is 6.88. The lowest BCUT2D eigenvalue weighted by atomic mass is 10.0. The number of urea groups is 1. The lowest BCUT2D eigenvalue weighted by molar-refractivity contribution is -0.156. The van der Waals surface area contributed by atoms with E-state index in [-0.39, 0.29) is 11.6 Å². The monoisotopic (exact) mass is 419 g/mol. The summed E-state index contributed by atoms with van der Waals surface area (Å²) in [6, 6.07) is 9.91. The first-order chi connectivity index (χ1) is 14.2. The number of esters is 1. The molecule has 0 radical (unpaired) electrons. The molecule has 0 heterocycles. The Morgan fingerprint density at radius 3 is 2.13 bits per heavy atom. The van der Waals surface area contributed by atoms with Gasteiger partial charge in [0.1, 0.15) is 6.04 Å². The van der Waals surface area contributed by atoms with Crippen LogP contribution in [0.3, 0.4) is 0 Å². The first-order valence-electron chi connectivity index (χ1n) is 9.26. The first-order valence-corrected chi connectivity index (χ1v) is 9.26. The molecular formula is C21H23F2N3O4. The molecule has 30 heavy (non-hydrogen) atoms. The topological polar surface area (TPSA) is 96.5 Å². The highest BCUT2D eigenvalue weighted by molar-refractivity contribution is 5.96. The zero-order valence-corrected chi connectivity index (χ0v) is 16.7. The number of halogens is 2. The fourth-order valence-corrected chi connectivity index (χ4v) is 2.45. The minimum absolute atomic E-state index is 0.0163. The van der Waals surface area contributed by atoms with Gasteiger partial charge in [-0.3, -0.25) is 4.79 Å². The molecule has 0 aliphatic heterocycles. The van der Waals surface area contributed by atoms with Gasteiger partial charge in [0.15, 0.2) is 17.7 Å². The molecule has 0 aliphatic carbocycles. The Balaban J connectivity index is 1.94. The maximum Gasteiger partial charge on any atom is 0.329 e. The van der Waals surface area contributed by atoms with Crippen molar-refractivity contribution in [3.05, 3.63) is 60.2 Å². The number of para-hydroxylation sites is 1. The van der Waals surface area contributed by atoms with Gasteiger partial charge in [-0.2, -0.15) is 0 Å². The Morgan fingerprint density at radius 2 is 1.53 bits per heavy atom. The highest BCUT2D eigenvalue weighted by Gasteiger charge is 2.29. The largest absolute Gasteiger partial charge is 0.451 e. The van der Waals surface area contributed by atoms with Crippen LogP contribution >= 0.6 is 0 Å². The van der Waals surface area contributed by atoms with E-state index in [4.69, 9.17) is 4.74 Å². The van der Waals surface area contributed by atoms with Crippen molar-refractivity contribution in [3.63, 3.8) is 0 Å². The molecule has 2 rings (SSSR count). The summed E-state index contributed by atoms with van der Waals surface area (Å²) in [6.07, 6.45) is -1.23. The predicted molar refractivity (Wildman–Crippen MR) is 108 cm³/mol. The standard InChI is InChI=1S/C21H23F2N3O4/c1-12(2)18(26-21(29)25-14-7-5-4-6-8-14)20(28)30-13(3)19(27)24-15-9-10-16(22)17(23)11-15/h4-13,18H,1-3H3,(H,24,27)(H2,25,26,29)/t13-,18+/m1/s1. The third-order valence-electron chi connectivity index (χ3n) is 4.09. The number of rotatable bonds is 7. The molecule has 0 fully saturated rings. The van der Waals surface area contributed by atoms with E-state index < -0.39 is 41.7 Å². The van der Waals surface area contributed by atoms with Crippen LogP contribution in [-0.2, 0) is 14.3 Å². The van der Waals surface area contributed by atoms with E-state index in [9.17, 15) is 23.2 Å². The summed E-state index contributed by atoms with van der Waals surface area (Å²) in [5, 5.41) is 7.46. The SMILES string of the molecule is CC(C)[C@H](NC(=O)Nc1ccccc1)C(=O)O[C@H](C)C(=O)Nc1ccc(F)c(F)c1.